The van der Waals surface area contributed by atoms with E-state index in [-0.39, 0.29) is 5.41 Å². The van der Waals surface area contributed by atoms with Crippen molar-refractivity contribution in [3.05, 3.63) is 0 Å². The minimum Gasteiger partial charge on any atom is -0.393 e. The summed E-state index contributed by atoms with van der Waals surface area (Å²) in [6.07, 6.45) is -2.76. The van der Waals surface area contributed by atoms with Crippen molar-refractivity contribution in [2.45, 2.75) is 39.8 Å². The van der Waals surface area contributed by atoms with Gasteiger partial charge >= 0.3 is 6.18 Å². The molecular formula is C11H21F3N2S. The van der Waals surface area contributed by atoms with E-state index in [1.807, 2.05) is 13.8 Å². The predicted octanol–water partition coefficient (Wildman–Crippen LogP) is 2.96. The van der Waals surface area contributed by atoms with Crippen LogP contribution in [-0.4, -0.2) is 35.7 Å². The molecule has 0 aliphatic heterocycles. The molecule has 0 aromatic carbocycles. The van der Waals surface area contributed by atoms with Gasteiger partial charge in [-0.3, -0.25) is 4.90 Å². The van der Waals surface area contributed by atoms with E-state index in [4.69, 9.17) is 18.0 Å². The molecule has 0 aromatic rings. The van der Waals surface area contributed by atoms with Crippen LogP contribution in [0.5, 0.6) is 0 Å². The molecule has 2 nitrogen and oxygen atoms in total. The zero-order chi connectivity index (χ0) is 13.7. The van der Waals surface area contributed by atoms with E-state index in [2.05, 4.69) is 0 Å². The van der Waals surface area contributed by atoms with Gasteiger partial charge in [-0.05, 0) is 25.9 Å². The van der Waals surface area contributed by atoms with Gasteiger partial charge in [0.2, 0.25) is 0 Å². The minimum absolute atomic E-state index is 0.285. The number of nitrogens with zero attached hydrogens (tertiary/aromatic N) is 1. The summed E-state index contributed by atoms with van der Waals surface area (Å²) in [5, 5.41) is 0. The summed E-state index contributed by atoms with van der Waals surface area (Å²) >= 11 is 4.91. The van der Waals surface area contributed by atoms with Crippen LogP contribution in [0.15, 0.2) is 0 Å². The Morgan fingerprint density at radius 2 is 1.82 bits per heavy atom. The van der Waals surface area contributed by atoms with E-state index in [0.29, 0.717) is 30.9 Å². The first-order valence-corrected chi connectivity index (χ1v) is 6.08. The molecule has 102 valence electrons. The Hall–Kier alpha value is -0.360. The van der Waals surface area contributed by atoms with Crippen molar-refractivity contribution in [1.29, 1.82) is 0 Å². The van der Waals surface area contributed by atoms with E-state index < -0.39 is 12.7 Å². The summed E-state index contributed by atoms with van der Waals surface area (Å²) in [5.41, 5.74) is 5.27. The summed E-state index contributed by atoms with van der Waals surface area (Å²) in [5.74, 6) is 0. The van der Waals surface area contributed by atoms with Crippen LogP contribution in [-0.2, 0) is 0 Å². The summed E-state index contributed by atoms with van der Waals surface area (Å²) in [6.45, 7) is 5.52. The second kappa shape index (κ2) is 6.54. The highest BCUT2D eigenvalue weighted by Gasteiger charge is 2.30. The first kappa shape index (κ1) is 16.6. The van der Waals surface area contributed by atoms with E-state index in [9.17, 15) is 13.2 Å². The molecule has 0 rings (SSSR count). The number of halogens is 3. The molecule has 0 amide bonds. The van der Waals surface area contributed by atoms with Gasteiger partial charge in [0.15, 0.2) is 0 Å². The quantitative estimate of drug-likeness (QED) is 0.721. The van der Waals surface area contributed by atoms with Crippen LogP contribution in [0.4, 0.5) is 13.2 Å². The molecule has 0 saturated carbocycles. The lowest BCUT2D eigenvalue weighted by molar-refractivity contribution is -0.145. The molecule has 0 atom stereocenters. The van der Waals surface area contributed by atoms with E-state index in [0.717, 1.165) is 0 Å². The molecule has 17 heavy (non-hydrogen) atoms. The van der Waals surface area contributed by atoms with E-state index >= 15 is 0 Å². The molecule has 2 N–H and O–H groups in total. The van der Waals surface area contributed by atoms with Crippen LogP contribution >= 0.6 is 12.2 Å². The Labute approximate surface area is 106 Å². The Morgan fingerprint density at radius 3 is 2.18 bits per heavy atom. The molecule has 0 aliphatic carbocycles. The maximum atomic E-state index is 12.2. The first-order chi connectivity index (χ1) is 7.58. The van der Waals surface area contributed by atoms with Crippen LogP contribution in [0.3, 0.4) is 0 Å². The fourth-order valence-corrected chi connectivity index (χ4v) is 1.57. The van der Waals surface area contributed by atoms with Gasteiger partial charge in [0.1, 0.15) is 0 Å². The number of nitrogens with two attached hydrogens (primary N) is 1. The summed E-state index contributed by atoms with van der Waals surface area (Å²) < 4.78 is 36.6. The van der Waals surface area contributed by atoms with Gasteiger partial charge in [0, 0.05) is 5.41 Å². The lowest BCUT2D eigenvalue weighted by Gasteiger charge is -2.26. The number of hydrogen-bond acceptors (Lipinski definition) is 2. The van der Waals surface area contributed by atoms with E-state index in [1.165, 1.54) is 4.90 Å². The second-order valence-electron chi connectivity index (χ2n) is 4.84. The summed E-state index contributed by atoms with van der Waals surface area (Å²) in [7, 11) is 0. The van der Waals surface area contributed by atoms with Gasteiger partial charge in [-0.1, -0.05) is 33.0 Å². The molecule has 0 bridgehead atoms. The van der Waals surface area contributed by atoms with Crippen LogP contribution < -0.4 is 5.73 Å². The third-order valence-corrected chi connectivity index (χ3v) is 3.35. The molecule has 0 saturated heterocycles. The van der Waals surface area contributed by atoms with Crippen LogP contribution in [0.1, 0.15) is 33.6 Å². The van der Waals surface area contributed by atoms with Gasteiger partial charge in [0.25, 0.3) is 0 Å². The molecule has 0 fully saturated rings. The lowest BCUT2D eigenvalue weighted by Crippen LogP contribution is -2.36. The molecule has 0 unspecified atom stereocenters. The van der Waals surface area contributed by atoms with Gasteiger partial charge in [0.05, 0.1) is 11.5 Å². The predicted molar refractivity (Wildman–Crippen MR) is 68.0 cm³/mol. The van der Waals surface area contributed by atoms with Crippen molar-refractivity contribution in [1.82, 2.24) is 4.90 Å². The Kier molecular flexibility index (Phi) is 6.40. The summed E-state index contributed by atoms with van der Waals surface area (Å²) in [6, 6.07) is 0. The maximum Gasteiger partial charge on any atom is 0.401 e. The minimum atomic E-state index is -4.13. The van der Waals surface area contributed by atoms with Crippen molar-refractivity contribution in [3.63, 3.8) is 0 Å². The molecule has 0 heterocycles. The largest absolute Gasteiger partial charge is 0.401 e. The van der Waals surface area contributed by atoms with Gasteiger partial charge in [-0.15, -0.1) is 0 Å². The smallest absolute Gasteiger partial charge is 0.393 e. The number of alkyl halides is 3. The van der Waals surface area contributed by atoms with Gasteiger partial charge in [-0.2, -0.15) is 13.2 Å². The first-order valence-electron chi connectivity index (χ1n) is 5.67. The third-order valence-electron chi connectivity index (χ3n) is 2.79. The van der Waals surface area contributed by atoms with Gasteiger partial charge in [-0.25, -0.2) is 0 Å². The molecule has 0 aromatic heterocycles. The highest BCUT2D eigenvalue weighted by molar-refractivity contribution is 7.80. The average Bonchev–Trinajstić information content (AvgIpc) is 2.13. The standard InChI is InChI=1S/C11H21F3N2S/c1-4-16(8-11(12,13)14)7-5-6-10(2,3)9(15)17/h4-8H2,1-3H3,(H2,15,17). The molecule has 6 heteroatoms. The monoisotopic (exact) mass is 270 g/mol. The average molecular weight is 270 g/mol. The zero-order valence-corrected chi connectivity index (χ0v) is 11.4. The lowest BCUT2D eigenvalue weighted by atomic mass is 9.88. The molecule has 0 radical (unpaired) electrons. The van der Waals surface area contributed by atoms with Crippen molar-refractivity contribution in [3.8, 4) is 0 Å². The van der Waals surface area contributed by atoms with Crippen molar-refractivity contribution in [2.24, 2.45) is 11.1 Å². The van der Waals surface area contributed by atoms with E-state index in [1.54, 1.807) is 6.92 Å². The Morgan fingerprint density at radius 1 is 1.29 bits per heavy atom. The van der Waals surface area contributed by atoms with Crippen molar-refractivity contribution >= 4 is 17.2 Å². The third kappa shape index (κ3) is 7.54. The Balaban J connectivity index is 4.05. The molecule has 0 aliphatic rings. The summed E-state index contributed by atoms with van der Waals surface area (Å²) in [4.78, 5) is 1.80. The topological polar surface area (TPSA) is 29.3 Å². The maximum absolute atomic E-state index is 12.2. The van der Waals surface area contributed by atoms with Crippen LogP contribution in [0.25, 0.3) is 0 Å². The van der Waals surface area contributed by atoms with Crippen LogP contribution in [0, 0.1) is 5.41 Å². The number of rotatable bonds is 7. The Bertz CT molecular complexity index is 252. The molecule has 0 spiro atoms. The fourth-order valence-electron chi connectivity index (χ4n) is 1.47. The normalized spacial score (nSPS) is 13.1. The van der Waals surface area contributed by atoms with Crippen LogP contribution in [0.2, 0.25) is 0 Å². The zero-order valence-electron chi connectivity index (χ0n) is 10.6. The molecular weight excluding hydrogens is 249 g/mol. The number of thiocarbonyl (C=S) groups is 1. The highest BCUT2D eigenvalue weighted by Crippen LogP contribution is 2.23. The van der Waals surface area contributed by atoms with Gasteiger partial charge < -0.3 is 5.73 Å². The van der Waals surface area contributed by atoms with Crippen molar-refractivity contribution in [2.75, 3.05) is 19.6 Å². The van der Waals surface area contributed by atoms with Crippen molar-refractivity contribution < 1.29 is 13.2 Å². The second-order valence-corrected chi connectivity index (χ2v) is 5.28. The SMILES string of the molecule is CCN(CCCC(C)(C)C(N)=S)CC(F)(F)F. The number of hydrogen-bond donors (Lipinski definition) is 1. The fraction of sp³-hybridized carbons (Fsp3) is 0.909. The highest BCUT2D eigenvalue weighted by atomic mass is 32.1.